The van der Waals surface area contributed by atoms with E-state index in [2.05, 4.69) is 64.1 Å². The quantitative estimate of drug-likeness (QED) is 0.247. The maximum atomic E-state index is 11.3. The van der Waals surface area contributed by atoms with E-state index in [4.69, 9.17) is 9.40 Å². The van der Waals surface area contributed by atoms with Crippen LogP contribution in [0.3, 0.4) is 0 Å². The zero-order chi connectivity index (χ0) is 27.3. The summed E-state index contributed by atoms with van der Waals surface area (Å²) in [6.07, 6.45) is 1.81. The number of hydrogen-bond acceptors (Lipinski definition) is 4. The summed E-state index contributed by atoms with van der Waals surface area (Å²) in [5, 5.41) is 13.2. The number of furan rings is 1. The zero-order valence-corrected chi connectivity index (χ0v) is 21.9. The van der Waals surface area contributed by atoms with E-state index in [1.807, 2.05) is 72.9 Å². The molecule has 1 N–H and O–H groups in total. The fraction of sp³-hybridized carbons (Fsp3) is 0. The van der Waals surface area contributed by atoms with Crippen molar-refractivity contribution in [2.24, 2.45) is 0 Å². The summed E-state index contributed by atoms with van der Waals surface area (Å²) in [7, 11) is 0. The highest BCUT2D eigenvalue weighted by Gasteiger charge is 2.21. The van der Waals surface area contributed by atoms with E-state index in [-0.39, 0.29) is 5.75 Å². The van der Waals surface area contributed by atoms with E-state index in [9.17, 15) is 5.11 Å². The van der Waals surface area contributed by atoms with Crippen molar-refractivity contribution in [2.45, 2.75) is 0 Å². The van der Waals surface area contributed by atoms with Gasteiger partial charge in [0.15, 0.2) is 0 Å². The summed E-state index contributed by atoms with van der Waals surface area (Å²) in [4.78, 5) is 9.77. The van der Waals surface area contributed by atoms with Gasteiger partial charge in [0.2, 0.25) is 0 Å². The van der Waals surface area contributed by atoms with Crippen LogP contribution in [-0.2, 0) is 0 Å². The highest BCUT2D eigenvalue weighted by Crippen LogP contribution is 2.41. The average Bonchev–Trinajstić information content (AvgIpc) is 3.59. The molecular weight excluding hydrogens is 506 g/mol. The molecule has 8 rings (SSSR count). The van der Waals surface area contributed by atoms with Crippen molar-refractivity contribution in [2.75, 3.05) is 0 Å². The standard InChI is InChI=1S/C36H23N3O2/c40-32-22-34-28(27-14-4-5-18-33(27)41-34)21-29(32)36-38-35-26(15-9-17-31(35)39(36)25-12-2-1-3-13-25)23-10-8-11-24(20-23)30-16-6-7-19-37-30/h1-22,40H. The molecule has 0 saturated heterocycles. The number of pyridine rings is 1. The zero-order valence-electron chi connectivity index (χ0n) is 21.9. The van der Waals surface area contributed by atoms with Crippen molar-refractivity contribution in [3.8, 4) is 45.2 Å². The third kappa shape index (κ3) is 3.79. The highest BCUT2D eigenvalue weighted by atomic mass is 16.3. The van der Waals surface area contributed by atoms with Crippen molar-refractivity contribution in [1.82, 2.24) is 14.5 Å². The van der Waals surface area contributed by atoms with Crippen LogP contribution in [0.1, 0.15) is 0 Å². The van der Waals surface area contributed by atoms with Gasteiger partial charge in [-0.15, -0.1) is 0 Å². The molecule has 0 aliphatic heterocycles. The third-order valence-electron chi connectivity index (χ3n) is 7.57. The smallest absolute Gasteiger partial charge is 0.149 e. The Kier molecular flexibility index (Phi) is 5.22. The molecule has 5 aromatic carbocycles. The number of phenols is 1. The van der Waals surface area contributed by atoms with Crippen LogP contribution in [0.25, 0.3) is 72.4 Å². The molecule has 0 radical (unpaired) electrons. The lowest BCUT2D eigenvalue weighted by Crippen LogP contribution is -1.97. The molecule has 0 bridgehead atoms. The Hall–Kier alpha value is -5.68. The number of para-hydroxylation sites is 3. The minimum atomic E-state index is 0.114. The molecule has 194 valence electrons. The molecule has 0 amide bonds. The number of aromatic nitrogens is 3. The molecule has 0 unspecified atom stereocenters. The van der Waals surface area contributed by atoms with Crippen molar-refractivity contribution in [3.63, 3.8) is 0 Å². The normalized spacial score (nSPS) is 11.5. The lowest BCUT2D eigenvalue weighted by molar-refractivity contribution is 0.476. The lowest BCUT2D eigenvalue weighted by atomic mass is 10.0. The minimum Gasteiger partial charge on any atom is -0.507 e. The molecule has 0 spiro atoms. The molecule has 0 saturated carbocycles. The number of imidazole rings is 1. The van der Waals surface area contributed by atoms with Gasteiger partial charge in [-0.05, 0) is 54.1 Å². The average molecular weight is 530 g/mol. The Balaban J connectivity index is 1.40. The SMILES string of the molecule is Oc1cc2oc3ccccc3c2cc1-c1nc2c(-c3cccc(-c4ccccn4)c3)cccc2n1-c1ccccc1. The van der Waals surface area contributed by atoms with Crippen LogP contribution in [-0.4, -0.2) is 19.6 Å². The maximum Gasteiger partial charge on any atom is 0.149 e. The molecule has 0 aliphatic carbocycles. The molecule has 3 heterocycles. The second-order valence-corrected chi connectivity index (χ2v) is 10.0. The number of nitrogens with zero attached hydrogens (tertiary/aromatic N) is 3. The van der Waals surface area contributed by atoms with Crippen molar-refractivity contribution in [3.05, 3.63) is 134 Å². The lowest BCUT2D eigenvalue weighted by Gasteiger charge is -2.11. The number of hydrogen-bond donors (Lipinski definition) is 1. The first-order valence-electron chi connectivity index (χ1n) is 13.5. The van der Waals surface area contributed by atoms with Gasteiger partial charge in [-0.2, -0.15) is 0 Å². The molecule has 41 heavy (non-hydrogen) atoms. The first-order chi connectivity index (χ1) is 20.2. The van der Waals surface area contributed by atoms with Crippen molar-refractivity contribution in [1.29, 1.82) is 0 Å². The van der Waals surface area contributed by atoms with Crippen LogP contribution < -0.4 is 0 Å². The second kappa shape index (κ2) is 9.21. The van der Waals surface area contributed by atoms with E-state index in [1.165, 1.54) is 0 Å². The molecule has 0 fully saturated rings. The van der Waals surface area contributed by atoms with E-state index >= 15 is 0 Å². The van der Waals surface area contributed by atoms with Crippen LogP contribution in [0, 0.1) is 0 Å². The van der Waals surface area contributed by atoms with Crippen molar-refractivity contribution >= 4 is 33.0 Å². The van der Waals surface area contributed by atoms with Crippen LogP contribution in [0.5, 0.6) is 5.75 Å². The van der Waals surface area contributed by atoms with Gasteiger partial charge in [0.05, 0.1) is 22.3 Å². The Morgan fingerprint density at radius 1 is 0.610 bits per heavy atom. The van der Waals surface area contributed by atoms with Crippen LogP contribution in [0.4, 0.5) is 0 Å². The largest absolute Gasteiger partial charge is 0.507 e. The fourth-order valence-electron chi connectivity index (χ4n) is 5.67. The Morgan fingerprint density at radius 2 is 1.41 bits per heavy atom. The van der Waals surface area contributed by atoms with E-state index < -0.39 is 0 Å². The molecular formula is C36H23N3O2. The summed E-state index contributed by atoms with van der Waals surface area (Å²) in [6, 6.07) is 42.3. The highest BCUT2D eigenvalue weighted by molar-refractivity contribution is 6.07. The predicted molar refractivity (Wildman–Crippen MR) is 164 cm³/mol. The number of fused-ring (bicyclic) bond motifs is 4. The van der Waals surface area contributed by atoms with Crippen LogP contribution in [0.2, 0.25) is 0 Å². The fourth-order valence-corrected chi connectivity index (χ4v) is 5.67. The van der Waals surface area contributed by atoms with Gasteiger partial charge in [0.25, 0.3) is 0 Å². The molecule has 5 nitrogen and oxygen atoms in total. The number of benzene rings is 5. The molecule has 0 aliphatic rings. The summed E-state index contributed by atoms with van der Waals surface area (Å²) in [5.74, 6) is 0.770. The second-order valence-electron chi connectivity index (χ2n) is 10.0. The maximum absolute atomic E-state index is 11.3. The van der Waals surface area contributed by atoms with Crippen molar-refractivity contribution < 1.29 is 9.52 Å². The molecule has 8 aromatic rings. The Morgan fingerprint density at radius 3 is 2.29 bits per heavy atom. The van der Waals surface area contributed by atoms with Gasteiger partial charge in [0.1, 0.15) is 22.7 Å². The number of phenolic OH excluding ortho intramolecular Hbond substituents is 1. The summed E-state index contributed by atoms with van der Waals surface area (Å²) in [5.41, 5.74) is 8.82. The number of rotatable bonds is 4. The predicted octanol–water partition coefficient (Wildman–Crippen LogP) is 9.03. The van der Waals surface area contributed by atoms with E-state index in [0.29, 0.717) is 17.0 Å². The monoisotopic (exact) mass is 529 g/mol. The van der Waals surface area contributed by atoms with Gasteiger partial charge < -0.3 is 9.52 Å². The minimum absolute atomic E-state index is 0.114. The molecule has 5 heteroatoms. The Labute approximate surface area is 235 Å². The first-order valence-corrected chi connectivity index (χ1v) is 13.5. The van der Waals surface area contributed by atoms with E-state index in [0.717, 1.165) is 55.5 Å². The Bertz CT molecular complexity index is 2210. The topological polar surface area (TPSA) is 64.1 Å². The van der Waals surface area contributed by atoms with Crippen LogP contribution in [0.15, 0.2) is 138 Å². The number of aromatic hydroxyl groups is 1. The van der Waals surface area contributed by atoms with Gasteiger partial charge >= 0.3 is 0 Å². The van der Waals surface area contributed by atoms with Gasteiger partial charge in [0, 0.05) is 39.8 Å². The van der Waals surface area contributed by atoms with E-state index in [1.54, 1.807) is 6.07 Å². The first kappa shape index (κ1) is 23.2. The summed E-state index contributed by atoms with van der Waals surface area (Å²) >= 11 is 0. The third-order valence-corrected chi connectivity index (χ3v) is 7.57. The van der Waals surface area contributed by atoms with Gasteiger partial charge in [-0.25, -0.2) is 4.98 Å². The van der Waals surface area contributed by atoms with Crippen LogP contribution >= 0.6 is 0 Å². The molecule has 0 atom stereocenters. The molecule has 3 aromatic heterocycles. The summed E-state index contributed by atoms with van der Waals surface area (Å²) < 4.78 is 8.15. The summed E-state index contributed by atoms with van der Waals surface area (Å²) in [6.45, 7) is 0. The van der Waals surface area contributed by atoms with Gasteiger partial charge in [-0.1, -0.05) is 72.8 Å². The van der Waals surface area contributed by atoms with Gasteiger partial charge in [-0.3, -0.25) is 9.55 Å².